The van der Waals surface area contributed by atoms with Gasteiger partial charge in [0, 0.05) is 0 Å². The Bertz CT molecular complexity index is 123. The van der Waals surface area contributed by atoms with Crippen LogP contribution in [0.15, 0.2) is 0 Å². The Kier molecular flexibility index (Phi) is 4.83. The van der Waals surface area contributed by atoms with Crippen LogP contribution in [-0.2, 0) is 9.53 Å². The predicted octanol–water partition coefficient (Wildman–Crippen LogP) is 1.93. The lowest BCUT2D eigenvalue weighted by Crippen LogP contribution is -2.15. The highest BCUT2D eigenvalue weighted by Gasteiger charge is 2.15. The van der Waals surface area contributed by atoms with Gasteiger partial charge in [0.15, 0.2) is 0 Å². The summed E-state index contributed by atoms with van der Waals surface area (Å²) >= 11 is 0. The Morgan fingerprint density at radius 1 is 1.55 bits per heavy atom. The second-order valence-corrected chi connectivity index (χ2v) is 2.66. The maximum Gasteiger partial charge on any atom is 0.306 e. The number of halogens is 1. The van der Waals surface area contributed by atoms with Crippen molar-refractivity contribution in [2.24, 2.45) is 5.92 Å². The molecule has 0 heterocycles. The van der Waals surface area contributed by atoms with Crippen molar-refractivity contribution in [3.63, 3.8) is 0 Å². The van der Waals surface area contributed by atoms with Crippen LogP contribution in [-0.4, -0.2) is 18.7 Å². The van der Waals surface area contributed by atoms with Crippen molar-refractivity contribution in [2.75, 3.05) is 6.61 Å². The molecule has 0 aliphatic carbocycles. The highest BCUT2D eigenvalue weighted by molar-refractivity contribution is 5.69. The molecule has 0 bridgehead atoms. The normalized spacial score (nSPS) is 15.6. The van der Waals surface area contributed by atoms with Crippen LogP contribution in [0.25, 0.3) is 0 Å². The van der Waals surface area contributed by atoms with E-state index in [0.717, 1.165) is 0 Å². The van der Waals surface area contributed by atoms with Gasteiger partial charge < -0.3 is 4.74 Å². The highest BCUT2D eigenvalue weighted by Crippen LogP contribution is 2.11. The molecule has 0 aromatic carbocycles. The van der Waals surface area contributed by atoms with Crippen molar-refractivity contribution in [1.29, 1.82) is 0 Å². The summed E-state index contributed by atoms with van der Waals surface area (Å²) in [6, 6.07) is 0. The lowest BCUT2D eigenvalue weighted by Gasteiger charge is -2.10. The van der Waals surface area contributed by atoms with Crippen LogP contribution in [0.3, 0.4) is 0 Å². The van der Waals surface area contributed by atoms with Gasteiger partial charge >= 0.3 is 5.97 Å². The van der Waals surface area contributed by atoms with Crippen molar-refractivity contribution in [1.82, 2.24) is 0 Å². The first kappa shape index (κ1) is 10.4. The van der Waals surface area contributed by atoms with Crippen LogP contribution in [0.1, 0.15) is 27.2 Å². The molecule has 0 aliphatic rings. The molecule has 0 fully saturated rings. The molecule has 11 heavy (non-hydrogen) atoms. The third kappa shape index (κ3) is 4.76. The van der Waals surface area contributed by atoms with Gasteiger partial charge in [-0.2, -0.15) is 0 Å². The van der Waals surface area contributed by atoms with E-state index in [1.54, 1.807) is 13.8 Å². The van der Waals surface area contributed by atoms with Gasteiger partial charge in [-0.3, -0.25) is 4.79 Å². The minimum Gasteiger partial charge on any atom is -0.466 e. The third-order valence-corrected chi connectivity index (χ3v) is 1.58. The fraction of sp³-hybridized carbons (Fsp3) is 0.875. The lowest BCUT2D eigenvalue weighted by molar-refractivity contribution is -0.144. The largest absolute Gasteiger partial charge is 0.466 e. The zero-order chi connectivity index (χ0) is 8.85. The van der Waals surface area contributed by atoms with Crippen LogP contribution in [0.4, 0.5) is 4.39 Å². The van der Waals surface area contributed by atoms with Crippen molar-refractivity contribution in [3.05, 3.63) is 0 Å². The molecule has 0 rings (SSSR count). The molecule has 0 saturated carbocycles. The van der Waals surface area contributed by atoms with Gasteiger partial charge in [-0.15, -0.1) is 0 Å². The molecule has 0 unspecified atom stereocenters. The maximum atomic E-state index is 12.5. The number of carbonyl (C=O) groups excluding carboxylic acids is 1. The number of hydrogen-bond acceptors (Lipinski definition) is 2. The average Bonchev–Trinajstić information content (AvgIpc) is 1.87. The molecule has 2 atom stereocenters. The smallest absolute Gasteiger partial charge is 0.306 e. The van der Waals surface area contributed by atoms with Crippen molar-refractivity contribution in [2.45, 2.75) is 33.4 Å². The summed E-state index contributed by atoms with van der Waals surface area (Å²) < 4.78 is 17.1. The summed E-state index contributed by atoms with van der Waals surface area (Å²) in [6.45, 7) is 5.25. The molecule has 0 spiro atoms. The number of ether oxygens (including phenoxy) is 1. The third-order valence-electron chi connectivity index (χ3n) is 1.58. The average molecular weight is 162 g/mol. The molecule has 66 valence electrons. The lowest BCUT2D eigenvalue weighted by atomic mass is 10.0. The minimum absolute atomic E-state index is 0.172. The van der Waals surface area contributed by atoms with Crippen LogP contribution < -0.4 is 0 Å². The first-order chi connectivity index (χ1) is 5.07. The monoisotopic (exact) mass is 162 g/mol. The molecular formula is C8H15FO2. The molecule has 0 aromatic heterocycles. The number of alkyl halides is 1. The molecule has 0 aliphatic heterocycles. The first-order valence-electron chi connectivity index (χ1n) is 3.87. The van der Waals surface area contributed by atoms with Gasteiger partial charge in [0.25, 0.3) is 0 Å². The second-order valence-electron chi connectivity index (χ2n) is 2.66. The molecular weight excluding hydrogens is 147 g/mol. The van der Waals surface area contributed by atoms with E-state index in [0.29, 0.717) is 6.61 Å². The standard InChI is InChI=1S/C8H15FO2/c1-4-11-8(10)5-6(2)7(3)9/h6-7H,4-5H2,1-3H3/t6-,7-/m1/s1. The molecule has 0 aromatic rings. The zero-order valence-electron chi connectivity index (χ0n) is 7.26. The van der Waals surface area contributed by atoms with Gasteiger partial charge in [0.05, 0.1) is 13.0 Å². The van der Waals surface area contributed by atoms with Gasteiger partial charge in [-0.1, -0.05) is 6.92 Å². The summed E-state index contributed by atoms with van der Waals surface area (Å²) in [5.74, 6) is -0.557. The molecule has 0 N–H and O–H groups in total. The summed E-state index contributed by atoms with van der Waals surface area (Å²) in [5.41, 5.74) is 0. The Labute approximate surface area is 66.7 Å². The Hall–Kier alpha value is -0.600. The Morgan fingerprint density at radius 3 is 2.45 bits per heavy atom. The molecule has 0 amide bonds. The maximum absolute atomic E-state index is 12.5. The predicted molar refractivity (Wildman–Crippen MR) is 41.0 cm³/mol. The van der Waals surface area contributed by atoms with E-state index in [1.165, 1.54) is 6.92 Å². The molecule has 3 heteroatoms. The van der Waals surface area contributed by atoms with Gasteiger partial charge in [-0.25, -0.2) is 4.39 Å². The second kappa shape index (κ2) is 5.10. The molecule has 0 saturated heterocycles. The van der Waals surface area contributed by atoms with E-state index in [4.69, 9.17) is 0 Å². The Morgan fingerprint density at radius 2 is 2.09 bits per heavy atom. The van der Waals surface area contributed by atoms with Crippen LogP contribution in [0.2, 0.25) is 0 Å². The number of hydrogen-bond donors (Lipinski definition) is 0. The van der Waals surface area contributed by atoms with Crippen LogP contribution in [0.5, 0.6) is 0 Å². The minimum atomic E-state index is -0.945. The summed E-state index contributed by atoms with van der Waals surface area (Å²) in [5, 5.41) is 0. The number of esters is 1. The van der Waals surface area contributed by atoms with Crippen molar-refractivity contribution in [3.8, 4) is 0 Å². The van der Waals surface area contributed by atoms with E-state index in [2.05, 4.69) is 4.74 Å². The zero-order valence-corrected chi connectivity index (χ0v) is 7.26. The first-order valence-corrected chi connectivity index (χ1v) is 3.87. The van der Waals surface area contributed by atoms with Gasteiger partial charge in [-0.05, 0) is 19.8 Å². The summed E-state index contributed by atoms with van der Waals surface area (Å²) in [6.07, 6.45) is -0.773. The van der Waals surface area contributed by atoms with E-state index >= 15 is 0 Å². The molecule has 0 radical (unpaired) electrons. The SMILES string of the molecule is CCOC(=O)C[C@@H](C)[C@@H](C)F. The van der Waals surface area contributed by atoms with E-state index in [1.807, 2.05) is 0 Å². The van der Waals surface area contributed by atoms with Crippen molar-refractivity contribution >= 4 is 5.97 Å². The molecule has 2 nitrogen and oxygen atoms in total. The fourth-order valence-corrected chi connectivity index (χ4v) is 0.645. The van der Waals surface area contributed by atoms with Crippen LogP contribution in [0, 0.1) is 5.92 Å². The van der Waals surface area contributed by atoms with E-state index in [9.17, 15) is 9.18 Å². The summed E-state index contributed by atoms with van der Waals surface area (Å²) in [7, 11) is 0. The topological polar surface area (TPSA) is 26.3 Å². The fourth-order valence-electron chi connectivity index (χ4n) is 0.645. The highest BCUT2D eigenvalue weighted by atomic mass is 19.1. The van der Waals surface area contributed by atoms with Gasteiger partial charge in [0.2, 0.25) is 0 Å². The van der Waals surface area contributed by atoms with Crippen molar-refractivity contribution < 1.29 is 13.9 Å². The Balaban J connectivity index is 3.57. The number of carbonyl (C=O) groups is 1. The van der Waals surface area contributed by atoms with Crippen LogP contribution >= 0.6 is 0 Å². The van der Waals surface area contributed by atoms with E-state index < -0.39 is 6.17 Å². The van der Waals surface area contributed by atoms with E-state index in [-0.39, 0.29) is 18.3 Å². The quantitative estimate of drug-likeness (QED) is 0.590. The number of rotatable bonds is 4. The van der Waals surface area contributed by atoms with Gasteiger partial charge in [0.1, 0.15) is 6.17 Å². The summed E-state index contributed by atoms with van der Waals surface area (Å²) in [4.78, 5) is 10.8.